The van der Waals surface area contributed by atoms with Gasteiger partial charge in [0.05, 0.1) is 0 Å². The van der Waals surface area contributed by atoms with Gasteiger partial charge in [-0.2, -0.15) is 0 Å². The molecule has 0 radical (unpaired) electrons. The predicted molar refractivity (Wildman–Crippen MR) is 45.1 cm³/mol. The number of rotatable bonds is 3. The number of hydrogen-bond acceptors (Lipinski definition) is 1. The zero-order valence-corrected chi connectivity index (χ0v) is 7.31. The summed E-state index contributed by atoms with van der Waals surface area (Å²) in [5.74, 6) is 0. The van der Waals surface area contributed by atoms with Crippen LogP contribution in [0.25, 0.3) is 0 Å². The molecule has 8 heavy (non-hydrogen) atoms. The fraction of sp³-hybridized carbons (Fsp3) is 0.333. The summed E-state index contributed by atoms with van der Waals surface area (Å²) in [5, 5.41) is 0. The van der Waals surface area contributed by atoms with E-state index in [4.69, 9.17) is 0 Å². The summed E-state index contributed by atoms with van der Waals surface area (Å²) in [6.07, 6.45) is 1.01. The molecule has 0 aliphatic carbocycles. The summed E-state index contributed by atoms with van der Waals surface area (Å²) in [6.45, 7) is 9.52. The van der Waals surface area contributed by atoms with Crippen molar-refractivity contribution in [2.45, 2.75) is 13.3 Å². The quantitative estimate of drug-likeness (QED) is 0.660. The van der Waals surface area contributed by atoms with Gasteiger partial charge < -0.3 is 0 Å². The van der Waals surface area contributed by atoms with Gasteiger partial charge in [0.1, 0.15) is 0 Å². The van der Waals surface area contributed by atoms with Gasteiger partial charge in [0.15, 0.2) is 0 Å². The van der Waals surface area contributed by atoms with E-state index >= 15 is 0 Å². The number of halogens is 1. The molecule has 0 aromatic rings. The van der Waals surface area contributed by atoms with E-state index in [0.717, 1.165) is 15.1 Å². The van der Waals surface area contributed by atoms with Crippen LogP contribution in [0.15, 0.2) is 21.9 Å². The standard InChI is InChI=1S/C6H9BrS/c1-4-5(2)8-6(3)7/h2-4H2,1H3. The molecular formula is C6H9BrS. The molecule has 0 amide bonds. The Balaban J connectivity index is 3.40. The fourth-order valence-corrected chi connectivity index (χ4v) is 1.37. The molecule has 0 unspecified atom stereocenters. The van der Waals surface area contributed by atoms with Gasteiger partial charge in [0, 0.05) is 3.81 Å². The number of hydrogen-bond donors (Lipinski definition) is 0. The van der Waals surface area contributed by atoms with Gasteiger partial charge in [0.2, 0.25) is 0 Å². The summed E-state index contributed by atoms with van der Waals surface area (Å²) >= 11 is 4.81. The molecule has 0 N–H and O–H groups in total. The van der Waals surface area contributed by atoms with Crippen molar-refractivity contribution in [3.8, 4) is 0 Å². The summed E-state index contributed by atoms with van der Waals surface area (Å²) in [5.41, 5.74) is 0. The first-order chi connectivity index (χ1) is 3.66. The summed E-state index contributed by atoms with van der Waals surface area (Å²) in [6, 6.07) is 0. The van der Waals surface area contributed by atoms with Crippen LogP contribution in [0.5, 0.6) is 0 Å². The van der Waals surface area contributed by atoms with Crippen LogP contribution in [0.3, 0.4) is 0 Å². The highest BCUT2D eigenvalue weighted by atomic mass is 79.9. The minimum atomic E-state index is 0.935. The van der Waals surface area contributed by atoms with Gasteiger partial charge in [-0.25, -0.2) is 0 Å². The Bertz CT molecular complexity index is 107. The third-order valence-corrected chi connectivity index (χ3v) is 1.93. The van der Waals surface area contributed by atoms with Crippen molar-refractivity contribution < 1.29 is 0 Å². The van der Waals surface area contributed by atoms with Gasteiger partial charge in [-0.1, -0.05) is 31.8 Å². The minimum Gasteiger partial charge on any atom is -0.0891 e. The molecule has 0 bridgehead atoms. The van der Waals surface area contributed by atoms with Crippen LogP contribution < -0.4 is 0 Å². The van der Waals surface area contributed by atoms with E-state index in [9.17, 15) is 0 Å². The maximum Gasteiger partial charge on any atom is 0.0476 e. The largest absolute Gasteiger partial charge is 0.0891 e. The summed E-state index contributed by atoms with van der Waals surface area (Å²) in [4.78, 5) is 1.15. The second-order valence-corrected chi connectivity index (χ2v) is 4.11. The first-order valence-electron chi connectivity index (χ1n) is 2.36. The second-order valence-electron chi connectivity index (χ2n) is 1.35. The molecule has 0 aromatic carbocycles. The van der Waals surface area contributed by atoms with Gasteiger partial charge in [0.25, 0.3) is 0 Å². The van der Waals surface area contributed by atoms with Crippen molar-refractivity contribution in [3.63, 3.8) is 0 Å². The van der Waals surface area contributed by atoms with E-state index in [1.807, 2.05) is 0 Å². The summed E-state index contributed by atoms with van der Waals surface area (Å²) < 4.78 is 0.935. The average Bonchev–Trinajstić information content (AvgIpc) is 1.65. The van der Waals surface area contributed by atoms with Gasteiger partial charge in [-0.3, -0.25) is 0 Å². The lowest BCUT2D eigenvalue weighted by Crippen LogP contribution is -1.65. The van der Waals surface area contributed by atoms with Crippen molar-refractivity contribution in [1.82, 2.24) is 0 Å². The molecule has 0 saturated heterocycles. The average molecular weight is 193 g/mol. The Morgan fingerprint density at radius 2 is 2.12 bits per heavy atom. The fourth-order valence-electron chi connectivity index (χ4n) is 0.229. The highest BCUT2D eigenvalue weighted by molar-refractivity contribution is 9.14. The zero-order chi connectivity index (χ0) is 6.57. The maximum atomic E-state index is 3.79. The normalized spacial score (nSPS) is 8.75. The van der Waals surface area contributed by atoms with E-state index < -0.39 is 0 Å². The van der Waals surface area contributed by atoms with Crippen LogP contribution in [-0.4, -0.2) is 0 Å². The first-order valence-corrected chi connectivity index (χ1v) is 3.97. The van der Waals surface area contributed by atoms with Gasteiger partial charge in [-0.05, 0) is 27.3 Å². The Hall–Kier alpha value is 0.310. The van der Waals surface area contributed by atoms with Crippen LogP contribution in [0.1, 0.15) is 13.3 Å². The van der Waals surface area contributed by atoms with E-state index in [-0.39, 0.29) is 0 Å². The zero-order valence-electron chi connectivity index (χ0n) is 4.91. The van der Waals surface area contributed by atoms with Crippen molar-refractivity contribution in [2.75, 3.05) is 0 Å². The smallest absolute Gasteiger partial charge is 0.0476 e. The van der Waals surface area contributed by atoms with Crippen LogP contribution >= 0.6 is 27.7 Å². The molecule has 0 aromatic heterocycles. The molecule has 0 nitrogen and oxygen atoms in total. The van der Waals surface area contributed by atoms with Crippen LogP contribution in [0.4, 0.5) is 0 Å². The lowest BCUT2D eigenvalue weighted by atomic mass is 10.5. The van der Waals surface area contributed by atoms with Crippen LogP contribution in [-0.2, 0) is 0 Å². The monoisotopic (exact) mass is 192 g/mol. The molecule has 0 fully saturated rings. The molecule has 0 atom stereocenters. The third kappa shape index (κ3) is 4.47. The van der Waals surface area contributed by atoms with Gasteiger partial charge in [-0.15, -0.1) is 0 Å². The SMILES string of the molecule is C=C(Br)SC(=C)CC. The molecular weight excluding hydrogens is 184 g/mol. The van der Waals surface area contributed by atoms with Crippen molar-refractivity contribution in [1.29, 1.82) is 0 Å². The van der Waals surface area contributed by atoms with E-state index in [1.54, 1.807) is 11.8 Å². The number of allylic oxidation sites excluding steroid dienone is 1. The highest BCUT2D eigenvalue weighted by Gasteiger charge is 1.90. The molecule has 0 heterocycles. The Morgan fingerprint density at radius 1 is 1.62 bits per heavy atom. The Kier molecular flexibility index (Phi) is 4.38. The lowest BCUT2D eigenvalue weighted by molar-refractivity contribution is 1.21. The lowest BCUT2D eigenvalue weighted by Gasteiger charge is -1.95. The Labute approximate surface area is 63.2 Å². The first kappa shape index (κ1) is 8.31. The van der Waals surface area contributed by atoms with Crippen molar-refractivity contribution in [3.05, 3.63) is 21.9 Å². The Morgan fingerprint density at radius 3 is 2.25 bits per heavy atom. The predicted octanol–water partition coefficient (Wildman–Crippen LogP) is 3.51. The highest BCUT2D eigenvalue weighted by Crippen LogP contribution is 2.28. The number of thioether (sulfide) groups is 1. The van der Waals surface area contributed by atoms with Gasteiger partial charge >= 0.3 is 0 Å². The van der Waals surface area contributed by atoms with Crippen molar-refractivity contribution >= 4 is 27.7 Å². The van der Waals surface area contributed by atoms with Crippen molar-refractivity contribution in [2.24, 2.45) is 0 Å². The minimum absolute atomic E-state index is 0.935. The molecule has 0 aliphatic rings. The molecule has 0 rings (SSSR count). The summed E-state index contributed by atoms with van der Waals surface area (Å²) in [7, 11) is 0. The van der Waals surface area contributed by atoms with E-state index in [2.05, 4.69) is 36.0 Å². The second kappa shape index (κ2) is 4.21. The molecule has 0 spiro atoms. The maximum absolute atomic E-state index is 3.79. The topological polar surface area (TPSA) is 0 Å². The van der Waals surface area contributed by atoms with E-state index in [1.165, 1.54) is 0 Å². The van der Waals surface area contributed by atoms with Crippen LogP contribution in [0.2, 0.25) is 0 Å². The third-order valence-electron chi connectivity index (χ3n) is 0.649. The van der Waals surface area contributed by atoms with Crippen LogP contribution in [0, 0.1) is 0 Å². The van der Waals surface area contributed by atoms with E-state index in [0.29, 0.717) is 0 Å². The molecule has 2 heteroatoms. The molecule has 0 aliphatic heterocycles. The molecule has 46 valence electrons. The molecule has 0 saturated carbocycles.